The highest BCUT2D eigenvalue weighted by atomic mass is 19.1. The lowest BCUT2D eigenvalue weighted by molar-refractivity contribution is -0.153. The highest BCUT2D eigenvalue weighted by molar-refractivity contribution is 5.75. The fourth-order valence-corrected chi connectivity index (χ4v) is 1.07. The molecule has 1 heterocycles. The molecule has 5 heteroatoms. The summed E-state index contributed by atoms with van der Waals surface area (Å²) in [5, 5.41) is 9.47. The van der Waals surface area contributed by atoms with E-state index in [2.05, 4.69) is 9.72 Å². The molecule has 82 valence electrons. The van der Waals surface area contributed by atoms with Crippen LogP contribution in [-0.4, -0.2) is 28.8 Å². The second-order valence-corrected chi connectivity index (χ2v) is 2.89. The van der Waals surface area contributed by atoms with E-state index in [1.54, 1.807) is 13.0 Å². The third-order valence-corrected chi connectivity index (χ3v) is 1.81. The van der Waals surface area contributed by atoms with Crippen molar-refractivity contribution < 1.29 is 19.0 Å². The number of nitrogens with zero attached hydrogens (tertiary/aromatic N) is 1. The summed E-state index contributed by atoms with van der Waals surface area (Å²) in [6.07, 6.45) is -0.809. The van der Waals surface area contributed by atoms with Gasteiger partial charge < -0.3 is 9.84 Å². The van der Waals surface area contributed by atoms with Crippen LogP contribution in [0, 0.1) is 0 Å². The van der Waals surface area contributed by atoms with Crippen LogP contribution in [0.5, 0.6) is 0 Å². The summed E-state index contributed by atoms with van der Waals surface area (Å²) in [5.41, 5.74) is 0.248. The lowest BCUT2D eigenvalue weighted by Gasteiger charge is -2.14. The smallest absolute Gasteiger partial charge is 0.343 e. The zero-order valence-corrected chi connectivity index (χ0v) is 8.26. The number of pyridine rings is 1. The number of carbonyl (C=O) groups excluding carboxylic acids is 1. The van der Waals surface area contributed by atoms with Gasteiger partial charge in [-0.1, -0.05) is 6.07 Å². The summed E-state index contributed by atoms with van der Waals surface area (Å²) in [7, 11) is 0. The van der Waals surface area contributed by atoms with Gasteiger partial charge in [0.25, 0.3) is 0 Å². The Morgan fingerprint density at radius 2 is 2.47 bits per heavy atom. The molecule has 0 aliphatic rings. The van der Waals surface area contributed by atoms with Crippen molar-refractivity contribution >= 4 is 5.97 Å². The Labute approximate surface area is 86.7 Å². The largest absolute Gasteiger partial charge is 0.464 e. The molecule has 0 unspecified atom stereocenters. The summed E-state index contributed by atoms with van der Waals surface area (Å²) in [6.45, 7) is 1.65. The molecule has 0 aliphatic carbocycles. The number of esters is 1. The average Bonchev–Trinajstić information content (AvgIpc) is 2.28. The van der Waals surface area contributed by atoms with Crippen molar-refractivity contribution in [3.63, 3.8) is 0 Å². The first-order valence-electron chi connectivity index (χ1n) is 4.55. The van der Waals surface area contributed by atoms with Crippen molar-refractivity contribution in [2.75, 3.05) is 6.61 Å². The fraction of sp³-hybridized carbons (Fsp3) is 0.400. The van der Waals surface area contributed by atoms with Crippen molar-refractivity contribution in [1.82, 2.24) is 4.98 Å². The zero-order chi connectivity index (χ0) is 11.3. The molecule has 2 atom stereocenters. The van der Waals surface area contributed by atoms with Crippen LogP contribution in [0.1, 0.15) is 18.6 Å². The monoisotopic (exact) mass is 213 g/mol. The predicted molar refractivity (Wildman–Crippen MR) is 50.7 cm³/mol. The van der Waals surface area contributed by atoms with Gasteiger partial charge in [-0.15, -0.1) is 0 Å². The molecule has 0 aromatic carbocycles. The predicted octanol–water partition coefficient (Wildman–Crippen LogP) is 1.02. The molecule has 4 nitrogen and oxygen atoms in total. The molecule has 0 radical (unpaired) electrons. The number of alkyl halides is 1. The third-order valence-electron chi connectivity index (χ3n) is 1.81. The normalized spacial score (nSPS) is 14.3. The second kappa shape index (κ2) is 5.41. The summed E-state index contributed by atoms with van der Waals surface area (Å²) >= 11 is 0. The van der Waals surface area contributed by atoms with Gasteiger partial charge >= 0.3 is 5.97 Å². The first kappa shape index (κ1) is 11.6. The minimum absolute atomic E-state index is 0.0824. The van der Waals surface area contributed by atoms with Gasteiger partial charge in [0.05, 0.1) is 6.61 Å². The first-order chi connectivity index (χ1) is 7.16. The fourth-order valence-electron chi connectivity index (χ4n) is 1.07. The van der Waals surface area contributed by atoms with E-state index in [-0.39, 0.29) is 12.2 Å². The molecular weight excluding hydrogens is 201 g/mol. The van der Waals surface area contributed by atoms with Gasteiger partial charge in [-0.25, -0.2) is 9.18 Å². The van der Waals surface area contributed by atoms with E-state index in [0.29, 0.717) is 0 Å². The second-order valence-electron chi connectivity index (χ2n) is 2.89. The van der Waals surface area contributed by atoms with E-state index in [1.165, 1.54) is 18.5 Å². The van der Waals surface area contributed by atoms with Crippen molar-refractivity contribution in [3.05, 3.63) is 30.1 Å². The maximum absolute atomic E-state index is 13.3. The van der Waals surface area contributed by atoms with E-state index in [4.69, 9.17) is 0 Å². The van der Waals surface area contributed by atoms with Crippen LogP contribution in [-0.2, 0) is 9.53 Å². The Morgan fingerprint density at radius 1 is 1.73 bits per heavy atom. The maximum Gasteiger partial charge on any atom is 0.343 e. The number of carbonyl (C=O) groups is 1. The van der Waals surface area contributed by atoms with Gasteiger partial charge in [-0.05, 0) is 13.0 Å². The number of hydrogen-bond acceptors (Lipinski definition) is 4. The maximum atomic E-state index is 13.3. The number of aromatic nitrogens is 1. The van der Waals surface area contributed by atoms with E-state index in [0.717, 1.165) is 0 Å². The van der Waals surface area contributed by atoms with Crippen molar-refractivity contribution in [3.8, 4) is 0 Å². The van der Waals surface area contributed by atoms with E-state index in [1.807, 2.05) is 0 Å². The molecular formula is C10H12FNO3. The minimum atomic E-state index is -2.07. The Hall–Kier alpha value is -1.49. The molecule has 1 N–H and O–H groups in total. The number of halogens is 1. The number of rotatable bonds is 4. The van der Waals surface area contributed by atoms with Crippen LogP contribution in [0.25, 0.3) is 0 Å². The summed E-state index contributed by atoms with van der Waals surface area (Å²) in [6, 6.07) is 3.04. The number of hydrogen-bond donors (Lipinski definition) is 1. The Morgan fingerprint density at radius 3 is 3.00 bits per heavy atom. The van der Waals surface area contributed by atoms with Crippen molar-refractivity contribution in [2.24, 2.45) is 0 Å². The number of aliphatic hydroxyl groups excluding tert-OH is 1. The molecule has 1 aromatic heterocycles. The quantitative estimate of drug-likeness (QED) is 0.758. The Kier molecular flexibility index (Phi) is 4.17. The van der Waals surface area contributed by atoms with Gasteiger partial charge in [-0.3, -0.25) is 4.98 Å². The van der Waals surface area contributed by atoms with Crippen molar-refractivity contribution in [2.45, 2.75) is 19.2 Å². The Bertz CT molecular complexity index is 318. The molecule has 0 amide bonds. The molecule has 15 heavy (non-hydrogen) atoms. The molecule has 0 bridgehead atoms. The molecule has 1 aromatic rings. The number of ether oxygens (including phenoxy) is 1. The lowest BCUT2D eigenvalue weighted by atomic mass is 10.1. The van der Waals surface area contributed by atoms with Gasteiger partial charge in [-0.2, -0.15) is 0 Å². The SMILES string of the molecule is CCOC(=O)[C@@H](F)[C@@H](O)c1cccnc1. The topological polar surface area (TPSA) is 59.4 Å². The van der Waals surface area contributed by atoms with Crippen LogP contribution < -0.4 is 0 Å². The van der Waals surface area contributed by atoms with Crippen LogP contribution >= 0.6 is 0 Å². The van der Waals surface area contributed by atoms with Crippen LogP contribution in [0.4, 0.5) is 4.39 Å². The van der Waals surface area contributed by atoms with Crippen LogP contribution in [0.3, 0.4) is 0 Å². The molecule has 0 spiro atoms. The van der Waals surface area contributed by atoms with Crippen molar-refractivity contribution in [1.29, 1.82) is 0 Å². The lowest BCUT2D eigenvalue weighted by Crippen LogP contribution is -2.26. The van der Waals surface area contributed by atoms with E-state index < -0.39 is 18.2 Å². The van der Waals surface area contributed by atoms with Gasteiger partial charge in [0.2, 0.25) is 6.17 Å². The first-order valence-corrected chi connectivity index (χ1v) is 4.55. The van der Waals surface area contributed by atoms with Crippen LogP contribution in [0.2, 0.25) is 0 Å². The van der Waals surface area contributed by atoms with E-state index >= 15 is 0 Å². The summed E-state index contributed by atoms with van der Waals surface area (Å²) in [4.78, 5) is 14.7. The van der Waals surface area contributed by atoms with Gasteiger partial charge in [0.1, 0.15) is 6.10 Å². The third kappa shape index (κ3) is 2.99. The zero-order valence-electron chi connectivity index (χ0n) is 8.26. The van der Waals surface area contributed by atoms with E-state index in [9.17, 15) is 14.3 Å². The standard InChI is InChI=1S/C10H12FNO3/c1-2-15-10(14)8(11)9(13)7-4-3-5-12-6-7/h3-6,8-9,13H,2H2,1H3/t8-,9-/m0/s1. The number of aliphatic hydroxyl groups is 1. The van der Waals surface area contributed by atoms with Gasteiger partial charge in [0, 0.05) is 18.0 Å². The molecule has 0 saturated heterocycles. The molecule has 0 fully saturated rings. The highest BCUT2D eigenvalue weighted by Crippen LogP contribution is 2.19. The summed E-state index contributed by atoms with van der Waals surface area (Å²) in [5.74, 6) is -1.06. The summed E-state index contributed by atoms with van der Waals surface area (Å²) < 4.78 is 17.8. The molecule has 0 aliphatic heterocycles. The average molecular weight is 213 g/mol. The minimum Gasteiger partial charge on any atom is -0.464 e. The van der Waals surface area contributed by atoms with Gasteiger partial charge in [0.15, 0.2) is 0 Å². The molecule has 1 rings (SSSR count). The Balaban J connectivity index is 2.68. The molecule has 0 saturated carbocycles. The van der Waals surface area contributed by atoms with Crippen LogP contribution in [0.15, 0.2) is 24.5 Å². The highest BCUT2D eigenvalue weighted by Gasteiger charge is 2.28.